The van der Waals surface area contributed by atoms with E-state index in [1.165, 1.54) is 0 Å². The van der Waals surface area contributed by atoms with Gasteiger partial charge in [0.05, 0.1) is 23.0 Å². The summed E-state index contributed by atoms with van der Waals surface area (Å²) in [4.78, 5) is 11.6. The molecule has 14 heavy (non-hydrogen) atoms. The first-order valence-electron chi connectivity index (χ1n) is 4.70. The van der Waals surface area contributed by atoms with Crippen LogP contribution < -0.4 is 0 Å². The van der Waals surface area contributed by atoms with Gasteiger partial charge in [0.1, 0.15) is 6.54 Å². The number of ketones is 1. The van der Waals surface area contributed by atoms with Crippen molar-refractivity contribution in [3.05, 3.63) is 17.0 Å². The Bertz CT molecular complexity index is 425. The van der Waals surface area contributed by atoms with Crippen LogP contribution in [0.3, 0.4) is 0 Å². The molecule has 1 heterocycles. The molecular formula is C10H11N3O. The number of aromatic nitrogens is 2. The predicted octanol–water partition coefficient (Wildman–Crippen LogP) is 1.23. The maximum Gasteiger partial charge on any atom is 0.166 e. The minimum absolute atomic E-state index is 0.174. The number of hydrogen-bond acceptors (Lipinski definition) is 3. The molecule has 4 heteroatoms. The minimum atomic E-state index is 0.174. The first-order chi connectivity index (χ1) is 6.74. The summed E-state index contributed by atoms with van der Waals surface area (Å²) in [5.41, 5.74) is 2.46. The Balaban J connectivity index is 2.53. The van der Waals surface area contributed by atoms with Gasteiger partial charge in [0.15, 0.2) is 5.78 Å². The van der Waals surface area contributed by atoms with Crippen LogP contribution in [0, 0.1) is 18.3 Å². The summed E-state index contributed by atoms with van der Waals surface area (Å²) < 4.78 is 1.65. The third-order valence-corrected chi connectivity index (χ3v) is 2.55. The zero-order chi connectivity index (χ0) is 10.1. The second-order valence-corrected chi connectivity index (χ2v) is 3.50. The van der Waals surface area contributed by atoms with Gasteiger partial charge >= 0.3 is 0 Å². The Hall–Kier alpha value is -1.63. The molecule has 0 amide bonds. The van der Waals surface area contributed by atoms with Crippen LogP contribution in [0.5, 0.6) is 0 Å². The van der Waals surface area contributed by atoms with Crippen LogP contribution in [0.4, 0.5) is 0 Å². The van der Waals surface area contributed by atoms with E-state index in [1.807, 2.05) is 6.92 Å². The van der Waals surface area contributed by atoms with Crippen molar-refractivity contribution in [1.82, 2.24) is 9.78 Å². The molecule has 1 aliphatic carbocycles. The molecule has 0 fully saturated rings. The average molecular weight is 189 g/mol. The molecule has 4 nitrogen and oxygen atoms in total. The second kappa shape index (κ2) is 3.26. The van der Waals surface area contributed by atoms with Gasteiger partial charge in [0, 0.05) is 6.42 Å². The van der Waals surface area contributed by atoms with Gasteiger partial charge in [-0.3, -0.25) is 9.48 Å². The van der Waals surface area contributed by atoms with Crippen LogP contribution in [0.2, 0.25) is 0 Å². The second-order valence-electron chi connectivity index (χ2n) is 3.50. The molecule has 72 valence electrons. The molecule has 0 unspecified atom stereocenters. The topological polar surface area (TPSA) is 58.7 Å². The van der Waals surface area contributed by atoms with Crippen molar-refractivity contribution in [3.63, 3.8) is 0 Å². The molecule has 0 atom stereocenters. The summed E-state index contributed by atoms with van der Waals surface area (Å²) in [5.74, 6) is 0.174. The van der Waals surface area contributed by atoms with E-state index in [0.29, 0.717) is 6.42 Å². The molecule has 2 rings (SSSR count). The fraction of sp³-hybridized carbons (Fsp3) is 0.500. The number of Topliss-reactive ketones (excluding diaryl/α,β-unsaturated/α-hetero) is 1. The fourth-order valence-electron chi connectivity index (χ4n) is 1.99. The summed E-state index contributed by atoms with van der Waals surface area (Å²) in [5, 5.41) is 12.8. The summed E-state index contributed by atoms with van der Waals surface area (Å²) in [6, 6.07) is 2.05. The molecule has 1 aromatic heterocycles. The molecule has 0 spiro atoms. The molecule has 0 radical (unpaired) electrons. The molecule has 0 saturated carbocycles. The van der Waals surface area contributed by atoms with Crippen molar-refractivity contribution in [2.45, 2.75) is 32.7 Å². The molecule has 1 aromatic rings. The zero-order valence-electron chi connectivity index (χ0n) is 8.08. The number of rotatable bonds is 1. The van der Waals surface area contributed by atoms with Crippen LogP contribution in [0.25, 0.3) is 0 Å². The summed E-state index contributed by atoms with van der Waals surface area (Å²) >= 11 is 0. The lowest BCUT2D eigenvalue weighted by atomic mass is 9.95. The first-order valence-corrected chi connectivity index (χ1v) is 4.70. The van der Waals surface area contributed by atoms with Crippen LogP contribution in [0.1, 0.15) is 34.6 Å². The number of fused-ring (bicyclic) bond motifs is 1. The standard InChI is InChI=1S/C10H11N3O/c1-7-10-8(3-2-4-9(10)14)13(12-7)6-5-11/h2-4,6H2,1H3. The van der Waals surface area contributed by atoms with Crippen molar-refractivity contribution in [3.8, 4) is 6.07 Å². The maximum absolute atomic E-state index is 11.6. The lowest BCUT2D eigenvalue weighted by molar-refractivity contribution is 0.0971. The Morgan fingerprint density at radius 2 is 2.36 bits per heavy atom. The molecule has 0 N–H and O–H groups in total. The van der Waals surface area contributed by atoms with Crippen LogP contribution >= 0.6 is 0 Å². The Morgan fingerprint density at radius 3 is 3.07 bits per heavy atom. The van der Waals surface area contributed by atoms with E-state index in [2.05, 4.69) is 11.2 Å². The summed E-state index contributed by atoms with van der Waals surface area (Å²) in [7, 11) is 0. The van der Waals surface area contributed by atoms with Crippen LogP contribution in [-0.4, -0.2) is 15.6 Å². The lowest BCUT2D eigenvalue weighted by Gasteiger charge is -2.11. The van der Waals surface area contributed by atoms with Gasteiger partial charge in [-0.15, -0.1) is 0 Å². The van der Waals surface area contributed by atoms with Gasteiger partial charge in [0.25, 0.3) is 0 Å². The minimum Gasteiger partial charge on any atom is -0.294 e. The monoisotopic (exact) mass is 189 g/mol. The third-order valence-electron chi connectivity index (χ3n) is 2.55. The van der Waals surface area contributed by atoms with E-state index in [9.17, 15) is 4.79 Å². The number of hydrogen-bond donors (Lipinski definition) is 0. The predicted molar refractivity (Wildman–Crippen MR) is 49.8 cm³/mol. The van der Waals surface area contributed by atoms with E-state index in [1.54, 1.807) is 4.68 Å². The SMILES string of the molecule is Cc1nn(CC#N)c2c1C(=O)CCC2. The number of aryl methyl sites for hydroxylation is 1. The zero-order valence-corrected chi connectivity index (χ0v) is 8.08. The highest BCUT2D eigenvalue weighted by Crippen LogP contribution is 2.23. The van der Waals surface area contributed by atoms with E-state index in [-0.39, 0.29) is 12.3 Å². The average Bonchev–Trinajstić information content (AvgIpc) is 2.46. The summed E-state index contributed by atoms with van der Waals surface area (Å²) in [6.07, 6.45) is 2.36. The molecule has 0 bridgehead atoms. The van der Waals surface area contributed by atoms with Gasteiger partial charge in [-0.05, 0) is 19.8 Å². The maximum atomic E-state index is 11.6. The van der Waals surface area contributed by atoms with Crippen molar-refractivity contribution >= 4 is 5.78 Å². The van der Waals surface area contributed by atoms with Gasteiger partial charge in [-0.1, -0.05) is 0 Å². The number of carbonyl (C=O) groups is 1. The lowest BCUT2D eigenvalue weighted by Crippen LogP contribution is -2.13. The van der Waals surface area contributed by atoms with Gasteiger partial charge in [-0.25, -0.2) is 0 Å². The highest BCUT2D eigenvalue weighted by atomic mass is 16.1. The van der Waals surface area contributed by atoms with E-state index in [4.69, 9.17) is 5.26 Å². The van der Waals surface area contributed by atoms with Crippen molar-refractivity contribution < 1.29 is 4.79 Å². The highest BCUT2D eigenvalue weighted by molar-refractivity contribution is 5.99. The fourth-order valence-corrected chi connectivity index (χ4v) is 1.99. The van der Waals surface area contributed by atoms with Gasteiger partial charge in [0.2, 0.25) is 0 Å². The Morgan fingerprint density at radius 1 is 1.57 bits per heavy atom. The third kappa shape index (κ3) is 1.22. The Kier molecular flexibility index (Phi) is 2.08. The molecule has 0 aromatic carbocycles. The van der Waals surface area contributed by atoms with Crippen LogP contribution in [-0.2, 0) is 13.0 Å². The van der Waals surface area contributed by atoms with E-state index < -0.39 is 0 Å². The van der Waals surface area contributed by atoms with E-state index >= 15 is 0 Å². The normalized spacial score (nSPS) is 15.0. The highest BCUT2D eigenvalue weighted by Gasteiger charge is 2.24. The largest absolute Gasteiger partial charge is 0.294 e. The van der Waals surface area contributed by atoms with Crippen LogP contribution in [0.15, 0.2) is 0 Å². The number of carbonyl (C=O) groups excluding carboxylic acids is 1. The smallest absolute Gasteiger partial charge is 0.166 e. The van der Waals surface area contributed by atoms with E-state index in [0.717, 1.165) is 29.8 Å². The van der Waals surface area contributed by atoms with Crippen molar-refractivity contribution in [2.24, 2.45) is 0 Å². The molecule has 1 aliphatic rings. The quantitative estimate of drug-likeness (QED) is 0.667. The molecule has 0 saturated heterocycles. The first kappa shape index (κ1) is 8.95. The summed E-state index contributed by atoms with van der Waals surface area (Å²) in [6.45, 7) is 2.07. The van der Waals surface area contributed by atoms with Crippen molar-refractivity contribution in [2.75, 3.05) is 0 Å². The molecule has 0 aliphatic heterocycles. The Labute approximate surface area is 82.1 Å². The van der Waals surface area contributed by atoms with Gasteiger partial charge in [-0.2, -0.15) is 10.4 Å². The van der Waals surface area contributed by atoms with Crippen molar-refractivity contribution in [1.29, 1.82) is 5.26 Å². The van der Waals surface area contributed by atoms with Gasteiger partial charge < -0.3 is 0 Å². The number of nitrogens with zero attached hydrogens (tertiary/aromatic N) is 3. The number of nitriles is 1. The molecular weight excluding hydrogens is 178 g/mol.